The van der Waals surface area contributed by atoms with Crippen molar-refractivity contribution in [2.24, 2.45) is 0 Å². The maximum atomic E-state index is 13.3. The van der Waals surface area contributed by atoms with E-state index in [9.17, 15) is 4.39 Å². The second-order valence-electron chi connectivity index (χ2n) is 6.11. The van der Waals surface area contributed by atoms with Crippen molar-refractivity contribution >= 4 is 0 Å². The first-order chi connectivity index (χ1) is 10.6. The molecule has 0 spiro atoms. The maximum absolute atomic E-state index is 13.3. The molecule has 0 radical (unpaired) electrons. The number of rotatable bonds is 5. The van der Waals surface area contributed by atoms with Crippen molar-refractivity contribution in [3.05, 3.63) is 71.0 Å². The molecule has 0 saturated heterocycles. The number of ether oxygens (including phenoxy) is 1. The fourth-order valence-corrected chi connectivity index (χ4v) is 3.21. The van der Waals surface area contributed by atoms with Crippen molar-refractivity contribution in [3.63, 3.8) is 0 Å². The van der Waals surface area contributed by atoms with E-state index >= 15 is 0 Å². The van der Waals surface area contributed by atoms with Gasteiger partial charge in [-0.25, -0.2) is 4.39 Å². The molecule has 1 atom stereocenters. The molecule has 0 amide bonds. The van der Waals surface area contributed by atoms with Crippen molar-refractivity contribution in [3.8, 4) is 0 Å². The predicted molar refractivity (Wildman–Crippen MR) is 85.0 cm³/mol. The van der Waals surface area contributed by atoms with Crippen LogP contribution >= 0.6 is 0 Å². The number of hydrogen-bond donors (Lipinski definition) is 0. The van der Waals surface area contributed by atoms with Gasteiger partial charge >= 0.3 is 32.7 Å². The molecule has 1 heterocycles. The quantitative estimate of drug-likeness (QED) is 0.725. The van der Waals surface area contributed by atoms with E-state index in [2.05, 4.69) is 31.1 Å². The van der Waals surface area contributed by atoms with Crippen molar-refractivity contribution < 1.29 is 41.8 Å². The summed E-state index contributed by atoms with van der Waals surface area (Å²) in [6.45, 7) is 1.59. The number of benzene rings is 2. The van der Waals surface area contributed by atoms with Crippen LogP contribution < -0.4 is 0 Å². The van der Waals surface area contributed by atoms with Crippen molar-refractivity contribution in [2.75, 3.05) is 20.6 Å². The molecule has 0 fully saturated rings. The van der Waals surface area contributed by atoms with Gasteiger partial charge < -0.3 is 9.64 Å². The van der Waals surface area contributed by atoms with Gasteiger partial charge in [0.15, 0.2) is 0 Å². The second-order valence-corrected chi connectivity index (χ2v) is 6.11. The predicted octanol–water partition coefficient (Wildman–Crippen LogP) is 3.74. The Morgan fingerprint density at radius 1 is 1.22 bits per heavy atom. The molecule has 0 aliphatic carbocycles. The summed E-state index contributed by atoms with van der Waals surface area (Å²) in [6, 6.07) is 15.8. The molecule has 3 rings (SSSR count). The van der Waals surface area contributed by atoms with Gasteiger partial charge in [0.05, 0.1) is 5.60 Å². The van der Waals surface area contributed by atoms with E-state index in [1.54, 1.807) is 0 Å². The van der Waals surface area contributed by atoms with Gasteiger partial charge in [0.1, 0.15) is 5.82 Å². The Morgan fingerprint density at radius 3 is 2.65 bits per heavy atom. The molecule has 2 nitrogen and oxygen atoms in total. The molecule has 1 aliphatic heterocycles. The Bertz CT molecular complexity index is 644. The van der Waals surface area contributed by atoms with Crippen LogP contribution in [0.4, 0.5) is 4.39 Å². The Kier molecular flexibility index (Phi) is 6.50. The van der Waals surface area contributed by atoms with Gasteiger partial charge in [-0.15, -0.1) is 11.1 Å². The average Bonchev–Trinajstić information content (AvgIpc) is 2.88. The summed E-state index contributed by atoms with van der Waals surface area (Å²) in [5.41, 5.74) is 2.93. The van der Waals surface area contributed by atoms with Crippen LogP contribution in [0.1, 0.15) is 29.5 Å². The second kappa shape index (κ2) is 7.98. The number of hydrogen-bond acceptors (Lipinski definition) is 2. The first kappa shape index (κ1) is 18.7. The zero-order valence-corrected chi connectivity index (χ0v) is 16.5. The number of nitrogens with zero attached hydrogens (tertiary/aromatic N) is 1. The monoisotopic (exact) mass is 387 g/mol. The van der Waals surface area contributed by atoms with E-state index in [4.69, 9.17) is 4.74 Å². The Hall–Kier alpha value is -0.606. The van der Waals surface area contributed by atoms with E-state index in [0.29, 0.717) is 6.61 Å². The summed E-state index contributed by atoms with van der Waals surface area (Å²) in [4.78, 5) is 2.17. The first-order valence-electron chi connectivity index (χ1n) is 7.66. The third kappa shape index (κ3) is 3.91. The zero-order chi connectivity index (χ0) is 15.6. The number of halogens is 1. The SMILES string of the molecule is CN(C)CCCC1(c2ccc(F)cc2)OCc2c[c-]ccc21.[Y+3]. The summed E-state index contributed by atoms with van der Waals surface area (Å²) in [5.74, 6) is -0.216. The van der Waals surface area contributed by atoms with Gasteiger partial charge in [-0.1, -0.05) is 12.1 Å². The standard InChI is InChI=1S/C19H21FNO.Y/c1-21(2)13-5-12-19(16-8-10-17(20)11-9-16)18-7-4-3-6-15(18)14-22-19;/h4,6-11H,5,12-14H2,1-2H3;/q-1;+3. The molecule has 1 unspecified atom stereocenters. The van der Waals surface area contributed by atoms with Crippen LogP contribution in [0.15, 0.2) is 42.5 Å². The third-order valence-electron chi connectivity index (χ3n) is 4.30. The summed E-state index contributed by atoms with van der Waals surface area (Å²) in [6.07, 6.45) is 1.90. The zero-order valence-electron chi connectivity index (χ0n) is 13.7. The largest absolute Gasteiger partial charge is 3.00 e. The normalized spacial score (nSPS) is 19.5. The summed E-state index contributed by atoms with van der Waals surface area (Å²) in [7, 11) is 4.14. The van der Waals surface area contributed by atoms with Crippen molar-refractivity contribution in [2.45, 2.75) is 25.0 Å². The van der Waals surface area contributed by atoms with E-state index < -0.39 is 5.60 Å². The minimum atomic E-state index is -0.464. The van der Waals surface area contributed by atoms with Gasteiger partial charge in [0.2, 0.25) is 0 Å². The Labute approximate surface area is 162 Å². The molecule has 4 heteroatoms. The average molecular weight is 387 g/mol. The Morgan fingerprint density at radius 2 is 1.96 bits per heavy atom. The van der Waals surface area contributed by atoms with Gasteiger partial charge in [-0.2, -0.15) is 24.3 Å². The van der Waals surface area contributed by atoms with Crippen LogP contribution in [-0.2, 0) is 49.7 Å². The van der Waals surface area contributed by atoms with Gasteiger partial charge in [-0.05, 0) is 51.2 Å². The molecular formula is C19H21FNOY+2. The summed E-state index contributed by atoms with van der Waals surface area (Å²) >= 11 is 0. The van der Waals surface area contributed by atoms with E-state index in [0.717, 1.165) is 24.9 Å². The third-order valence-corrected chi connectivity index (χ3v) is 4.30. The molecule has 2 aromatic carbocycles. The van der Waals surface area contributed by atoms with Gasteiger partial charge in [0, 0.05) is 6.61 Å². The van der Waals surface area contributed by atoms with Crippen LogP contribution in [0.25, 0.3) is 0 Å². The van der Waals surface area contributed by atoms with E-state index in [-0.39, 0.29) is 38.5 Å². The van der Waals surface area contributed by atoms with Crippen molar-refractivity contribution in [1.82, 2.24) is 4.90 Å². The van der Waals surface area contributed by atoms with E-state index in [1.165, 1.54) is 23.3 Å². The fourth-order valence-electron chi connectivity index (χ4n) is 3.21. The van der Waals surface area contributed by atoms with Crippen LogP contribution in [0.5, 0.6) is 0 Å². The van der Waals surface area contributed by atoms with Crippen LogP contribution in [0.3, 0.4) is 0 Å². The Balaban J connectivity index is 0.00000192. The van der Waals surface area contributed by atoms with Gasteiger partial charge in [-0.3, -0.25) is 0 Å². The molecule has 0 aromatic heterocycles. The molecular weight excluding hydrogens is 366 g/mol. The minimum absolute atomic E-state index is 0. The summed E-state index contributed by atoms with van der Waals surface area (Å²) < 4.78 is 19.6. The number of fused-ring (bicyclic) bond motifs is 1. The van der Waals surface area contributed by atoms with Gasteiger partial charge in [0.25, 0.3) is 0 Å². The molecule has 2 aromatic rings. The topological polar surface area (TPSA) is 12.5 Å². The molecule has 1 aliphatic rings. The maximum Gasteiger partial charge on any atom is 3.00 e. The summed E-state index contributed by atoms with van der Waals surface area (Å²) in [5, 5.41) is 0. The van der Waals surface area contributed by atoms with Crippen LogP contribution in [-0.4, -0.2) is 25.5 Å². The molecule has 0 N–H and O–H groups in total. The molecule has 0 bridgehead atoms. The molecule has 0 saturated carbocycles. The molecule has 116 valence electrons. The minimum Gasteiger partial charge on any atom is -0.375 e. The molecule has 23 heavy (non-hydrogen) atoms. The fraction of sp³-hybridized carbons (Fsp3) is 0.368. The van der Waals surface area contributed by atoms with Crippen LogP contribution in [0, 0.1) is 11.9 Å². The first-order valence-corrected chi connectivity index (χ1v) is 7.66. The smallest absolute Gasteiger partial charge is 0.375 e. The van der Waals surface area contributed by atoms with E-state index in [1.807, 2.05) is 24.3 Å². The van der Waals surface area contributed by atoms with Crippen molar-refractivity contribution in [1.29, 1.82) is 0 Å². The van der Waals surface area contributed by atoms with Crippen LogP contribution in [0.2, 0.25) is 0 Å².